The van der Waals surface area contributed by atoms with Gasteiger partial charge in [0.05, 0.1) is 33.0 Å². The van der Waals surface area contributed by atoms with Crippen molar-refractivity contribution in [1.29, 1.82) is 0 Å². The fourth-order valence-electron chi connectivity index (χ4n) is 7.99. The summed E-state index contributed by atoms with van der Waals surface area (Å²) in [5, 5.41) is 7.21. The monoisotopic (exact) mass is 1050 g/mol. The lowest BCUT2D eigenvalue weighted by Crippen LogP contribution is -2.49. The molecule has 0 amide bonds. The van der Waals surface area contributed by atoms with E-state index in [1.807, 2.05) is 10.8 Å². The number of aromatic nitrogens is 7. The number of nitrogen functional groups attached to an aromatic ring is 1. The Labute approximate surface area is 403 Å². The molecule has 2 bridgehead atoms. The van der Waals surface area contributed by atoms with Gasteiger partial charge in [-0.3, -0.25) is 9.09 Å². The Bertz CT molecular complexity index is 2530. The van der Waals surface area contributed by atoms with Crippen molar-refractivity contribution in [2.45, 2.75) is 140 Å². The molecule has 0 radical (unpaired) electrons. The van der Waals surface area contributed by atoms with E-state index in [1.165, 1.54) is 6.33 Å². The number of fused-ring (bicyclic) bond motifs is 4. The molecule has 0 aliphatic carbocycles. The zero-order valence-corrected chi connectivity index (χ0v) is 45.5. The summed E-state index contributed by atoms with van der Waals surface area (Å²) in [4.78, 5) is 35.2. The number of nitrogens with one attached hydrogen (secondary N) is 2. The van der Waals surface area contributed by atoms with Gasteiger partial charge in [0.25, 0.3) is 0 Å². The fourth-order valence-corrected chi connectivity index (χ4v) is 13.7. The molecular formula is C39H65N11O9P2S3Si2. The molecule has 4 aromatic heterocycles. The van der Waals surface area contributed by atoms with E-state index < -0.39 is 77.9 Å². The van der Waals surface area contributed by atoms with E-state index in [9.17, 15) is 4.89 Å². The molecule has 0 saturated carbocycles. The molecule has 0 aromatic carbocycles. The van der Waals surface area contributed by atoms with Crippen LogP contribution in [0.5, 0.6) is 0 Å². The van der Waals surface area contributed by atoms with Crippen LogP contribution in [0.3, 0.4) is 0 Å². The molecule has 366 valence electrons. The average Bonchev–Trinajstić information content (AvgIpc) is 3.94. The van der Waals surface area contributed by atoms with Crippen molar-refractivity contribution < 1.29 is 41.6 Å². The number of ether oxygens (including phenoxy) is 3. The van der Waals surface area contributed by atoms with Crippen LogP contribution in [0, 0.1) is 0 Å². The van der Waals surface area contributed by atoms with Crippen molar-refractivity contribution in [2.75, 3.05) is 55.4 Å². The fraction of sp³-hybridized carbons (Fsp3) is 0.718. The molecule has 3 fully saturated rings. The highest BCUT2D eigenvalue weighted by Crippen LogP contribution is 2.60. The average molecular weight is 1050 g/mol. The Morgan fingerprint density at radius 2 is 1.67 bits per heavy atom. The molecule has 2 unspecified atom stereocenters. The number of anilines is 3. The number of rotatable bonds is 10. The van der Waals surface area contributed by atoms with Gasteiger partial charge >= 0.3 is 6.72 Å². The number of nitrogens with two attached hydrogens (primary N) is 2. The largest absolute Gasteiger partial charge is 0.407 e. The summed E-state index contributed by atoms with van der Waals surface area (Å²) in [5.74, 6) is 1.17. The molecule has 27 heteroatoms. The van der Waals surface area contributed by atoms with Gasteiger partial charge in [0.2, 0.25) is 11.6 Å². The Morgan fingerprint density at radius 3 is 2.38 bits per heavy atom. The third-order valence-corrected chi connectivity index (χ3v) is 27.0. The van der Waals surface area contributed by atoms with Crippen molar-refractivity contribution in [3.05, 3.63) is 24.4 Å². The Kier molecular flexibility index (Phi) is 14.4. The van der Waals surface area contributed by atoms with Crippen molar-refractivity contribution in [1.82, 2.24) is 34.1 Å². The second kappa shape index (κ2) is 18.8. The standard InChI is InChI=1S/C39H65N11O9P2S3Si2/c1-38(2,3)65(7,8)21-52-27-23-17-53-60(51,62)57-28-24(18-54-61(63,64)58-29(27)35(55-23)50-20-46-26-31(41)47-37(43-15-13-40)48-34(26)50)56-36(30(28)59-66(9,10)39(4,5)6)49-16-22-12-11-14-42-32-25(22)33(49)45-19-44-32/h16,19-20,23-24,27-30,35-36H,11-15,17-18,21,40H2,1-10H3,(H,51,62)(H,63,64)(H,42,44,45)(H3,41,43,47,48)/t23-,24-,27-,28-,29-,30-,35-,36-,60?/m1/s1. The number of imidazole rings is 1. The third kappa shape index (κ3) is 10.2. The molecule has 20 nitrogen and oxygen atoms in total. The molecule has 3 saturated heterocycles. The molecule has 0 spiro atoms. The second-order valence-electron chi connectivity index (χ2n) is 20.5. The maximum absolute atomic E-state index is 12.2. The van der Waals surface area contributed by atoms with Gasteiger partial charge in [-0.1, -0.05) is 66.9 Å². The minimum absolute atomic E-state index is 0.0225. The van der Waals surface area contributed by atoms with E-state index >= 15 is 0 Å². The highest BCUT2D eigenvalue weighted by Gasteiger charge is 2.56. The molecule has 4 aliphatic heterocycles. The Hall–Kier alpha value is -1.75. The van der Waals surface area contributed by atoms with Crippen LogP contribution in [-0.2, 0) is 66.8 Å². The first kappa shape index (κ1) is 50.6. The van der Waals surface area contributed by atoms with Gasteiger partial charge in [-0.2, -0.15) is 9.97 Å². The molecule has 10 atom stereocenters. The van der Waals surface area contributed by atoms with E-state index in [4.69, 9.17) is 94.0 Å². The first-order chi connectivity index (χ1) is 30.8. The van der Waals surface area contributed by atoms with Crippen molar-refractivity contribution in [2.24, 2.45) is 5.73 Å². The normalized spacial score (nSPS) is 31.5. The number of thiol groups is 1. The lowest BCUT2D eigenvalue weighted by Gasteiger charge is -2.41. The predicted molar refractivity (Wildman–Crippen MR) is 270 cm³/mol. The molecule has 8 heterocycles. The lowest BCUT2D eigenvalue weighted by atomic mass is 10.1. The Morgan fingerprint density at radius 1 is 0.939 bits per heavy atom. The van der Waals surface area contributed by atoms with E-state index in [1.54, 1.807) is 10.9 Å². The number of aryl methyl sites for hydroxylation is 1. The maximum Gasteiger partial charge on any atom is 0.325 e. The van der Waals surface area contributed by atoms with E-state index in [0.29, 0.717) is 36.1 Å². The lowest BCUT2D eigenvalue weighted by molar-refractivity contribution is -0.0589. The molecule has 4 aromatic rings. The summed E-state index contributed by atoms with van der Waals surface area (Å²) >= 11 is 17.0. The molecule has 7 N–H and O–H groups in total. The van der Waals surface area contributed by atoms with Crippen LogP contribution in [0.4, 0.5) is 17.6 Å². The SMILES string of the molecule is CC(C)(C)[Si](C)(C)CO[C@H]1[C@H]2OP(=S)(S)OC[C@H]3O[C@@H](n4cc5c6c(ncnc64)NCCC5)[C@H](O[Si](C)(C)C(C)(C)C)[C@@H]3OP(O)(=S)OC[C@H]1O[C@H]2n1cnc2c(N)nc(NCCN)nc21. The highest BCUT2D eigenvalue weighted by molar-refractivity contribution is 8.60. The van der Waals surface area contributed by atoms with Crippen molar-refractivity contribution in [3.8, 4) is 0 Å². The van der Waals surface area contributed by atoms with E-state index in [0.717, 1.165) is 36.2 Å². The zero-order chi connectivity index (χ0) is 47.8. The van der Waals surface area contributed by atoms with Gasteiger partial charge < -0.3 is 63.8 Å². The minimum atomic E-state index is -4.14. The number of hydrogen-bond donors (Lipinski definition) is 6. The van der Waals surface area contributed by atoms with Gasteiger partial charge in [0, 0.05) is 32.1 Å². The molecule has 66 heavy (non-hydrogen) atoms. The van der Waals surface area contributed by atoms with Crippen LogP contribution in [0.1, 0.15) is 66.0 Å². The van der Waals surface area contributed by atoms with Gasteiger partial charge in [-0.25, -0.2) is 15.0 Å². The van der Waals surface area contributed by atoms with Crippen molar-refractivity contribution >= 4 is 104 Å². The van der Waals surface area contributed by atoms with Crippen LogP contribution in [0.2, 0.25) is 36.3 Å². The van der Waals surface area contributed by atoms with Crippen LogP contribution in [0.15, 0.2) is 18.9 Å². The molecular weight excluding hydrogens is 981 g/mol. The second-order valence-corrected chi connectivity index (χ2v) is 38.9. The third-order valence-electron chi connectivity index (χ3n) is 13.8. The topological polar surface area (TPSA) is 244 Å². The van der Waals surface area contributed by atoms with E-state index in [2.05, 4.69) is 93.3 Å². The Balaban J connectivity index is 1.19. The summed E-state index contributed by atoms with van der Waals surface area (Å²) in [6.07, 6.45) is 0.0967. The quantitative estimate of drug-likeness (QED) is 0.0573. The smallest absolute Gasteiger partial charge is 0.325 e. The summed E-state index contributed by atoms with van der Waals surface area (Å²) in [7, 11) is -4.68. The highest BCUT2D eigenvalue weighted by atomic mass is 32.9. The summed E-state index contributed by atoms with van der Waals surface area (Å²) in [6, 6.07) is 0. The van der Waals surface area contributed by atoms with Crippen molar-refractivity contribution in [3.63, 3.8) is 0 Å². The number of nitrogens with zero attached hydrogens (tertiary/aromatic N) is 7. The van der Waals surface area contributed by atoms with Gasteiger partial charge in [0.15, 0.2) is 32.2 Å². The van der Waals surface area contributed by atoms with Gasteiger partial charge in [-0.15, -0.1) is 0 Å². The number of hydrogen-bond acceptors (Lipinski definition) is 19. The summed E-state index contributed by atoms with van der Waals surface area (Å²) < 4.78 is 58.1. The predicted octanol–water partition coefficient (Wildman–Crippen LogP) is 6.39. The molecule has 4 aliphatic rings. The zero-order valence-electron chi connectivity index (χ0n) is 39.2. The molecule has 8 rings (SSSR count). The first-order valence-corrected chi connectivity index (χ1v) is 34.7. The summed E-state index contributed by atoms with van der Waals surface area (Å²) in [6.45, 7) is 18.9. The first-order valence-electron chi connectivity index (χ1n) is 22.2. The van der Waals surface area contributed by atoms with Crippen LogP contribution in [0.25, 0.3) is 22.2 Å². The minimum Gasteiger partial charge on any atom is -0.407 e. The van der Waals surface area contributed by atoms with E-state index in [-0.39, 0.29) is 35.1 Å². The maximum atomic E-state index is 12.2. The van der Waals surface area contributed by atoms with Gasteiger partial charge in [0.1, 0.15) is 59.9 Å². The van der Waals surface area contributed by atoms with Crippen LogP contribution >= 0.6 is 24.7 Å². The van der Waals surface area contributed by atoms with Crippen LogP contribution in [-0.4, -0.2) is 131 Å². The van der Waals surface area contributed by atoms with Crippen LogP contribution < -0.4 is 22.1 Å². The van der Waals surface area contributed by atoms with Gasteiger partial charge in [-0.05, 0) is 65.2 Å². The summed E-state index contributed by atoms with van der Waals surface area (Å²) in [5.41, 5.74) is 11.1.